The van der Waals surface area contributed by atoms with Gasteiger partial charge in [0.15, 0.2) is 0 Å². The molecule has 2 rings (SSSR count). The lowest BCUT2D eigenvalue weighted by Gasteiger charge is -2.00. The van der Waals surface area contributed by atoms with Gasteiger partial charge in [-0.25, -0.2) is 4.39 Å². The highest BCUT2D eigenvalue weighted by Crippen LogP contribution is 2.26. The molecular weight excluding hydrogens is 195 g/mol. The molecule has 1 atom stereocenters. The lowest BCUT2D eigenvalue weighted by atomic mass is 10.1. The van der Waals surface area contributed by atoms with Crippen molar-refractivity contribution in [3.8, 4) is 11.3 Å². The van der Waals surface area contributed by atoms with E-state index in [0.717, 1.165) is 0 Å². The maximum atomic E-state index is 13.4. The van der Waals surface area contributed by atoms with E-state index in [1.165, 1.54) is 6.07 Å². The standard InChI is InChI=1S/C12H11FO2/c1-8(14)11-6-7-12(15-11)9-4-2-3-5-10(9)13/h2-8,14H,1H3. The summed E-state index contributed by atoms with van der Waals surface area (Å²) in [7, 11) is 0. The first-order valence-electron chi connectivity index (χ1n) is 4.71. The van der Waals surface area contributed by atoms with Crippen LogP contribution in [0.4, 0.5) is 4.39 Å². The third kappa shape index (κ3) is 1.92. The number of furan rings is 1. The minimum atomic E-state index is -0.675. The van der Waals surface area contributed by atoms with Crippen molar-refractivity contribution in [2.24, 2.45) is 0 Å². The first-order valence-corrected chi connectivity index (χ1v) is 4.71. The molecule has 3 heteroatoms. The first kappa shape index (κ1) is 9.93. The predicted molar refractivity (Wildman–Crippen MR) is 54.7 cm³/mol. The highest BCUT2D eigenvalue weighted by molar-refractivity contribution is 5.58. The Kier molecular flexibility index (Phi) is 2.56. The van der Waals surface area contributed by atoms with Gasteiger partial charge in [0.1, 0.15) is 23.4 Å². The number of aliphatic hydroxyl groups is 1. The molecule has 0 radical (unpaired) electrons. The molecule has 0 bridgehead atoms. The largest absolute Gasteiger partial charge is 0.458 e. The molecule has 2 nitrogen and oxygen atoms in total. The fraction of sp³-hybridized carbons (Fsp3) is 0.167. The molecule has 0 aliphatic carbocycles. The van der Waals surface area contributed by atoms with Gasteiger partial charge in [0, 0.05) is 0 Å². The lowest BCUT2D eigenvalue weighted by Crippen LogP contribution is -1.86. The van der Waals surface area contributed by atoms with Crippen molar-refractivity contribution in [1.82, 2.24) is 0 Å². The second-order valence-electron chi connectivity index (χ2n) is 3.36. The van der Waals surface area contributed by atoms with E-state index in [0.29, 0.717) is 17.1 Å². The van der Waals surface area contributed by atoms with Gasteiger partial charge in [0.2, 0.25) is 0 Å². The molecule has 1 unspecified atom stereocenters. The number of rotatable bonds is 2. The molecule has 15 heavy (non-hydrogen) atoms. The lowest BCUT2D eigenvalue weighted by molar-refractivity contribution is 0.170. The van der Waals surface area contributed by atoms with Crippen LogP contribution in [-0.2, 0) is 0 Å². The van der Waals surface area contributed by atoms with Crippen molar-refractivity contribution in [3.63, 3.8) is 0 Å². The van der Waals surface area contributed by atoms with E-state index in [1.54, 1.807) is 37.3 Å². The number of benzene rings is 1. The summed E-state index contributed by atoms with van der Waals surface area (Å²) in [6.07, 6.45) is -0.675. The van der Waals surface area contributed by atoms with E-state index in [9.17, 15) is 9.50 Å². The summed E-state index contributed by atoms with van der Waals surface area (Å²) < 4.78 is 18.7. The molecule has 0 amide bonds. The quantitative estimate of drug-likeness (QED) is 0.818. The van der Waals surface area contributed by atoms with E-state index < -0.39 is 6.10 Å². The topological polar surface area (TPSA) is 33.4 Å². The van der Waals surface area contributed by atoms with E-state index in [1.807, 2.05) is 0 Å². The maximum Gasteiger partial charge on any atom is 0.137 e. The van der Waals surface area contributed by atoms with Crippen LogP contribution in [0.25, 0.3) is 11.3 Å². The van der Waals surface area contributed by atoms with E-state index in [4.69, 9.17) is 4.42 Å². The number of halogens is 1. The molecule has 0 aliphatic rings. The highest BCUT2D eigenvalue weighted by Gasteiger charge is 2.11. The third-order valence-electron chi connectivity index (χ3n) is 2.18. The second-order valence-corrected chi connectivity index (χ2v) is 3.36. The Bertz CT molecular complexity index is 460. The summed E-state index contributed by atoms with van der Waals surface area (Å²) in [5.41, 5.74) is 0.407. The molecule has 0 saturated heterocycles. The van der Waals surface area contributed by atoms with Crippen LogP contribution < -0.4 is 0 Å². The van der Waals surface area contributed by atoms with Gasteiger partial charge >= 0.3 is 0 Å². The first-order chi connectivity index (χ1) is 7.18. The minimum Gasteiger partial charge on any atom is -0.458 e. The Morgan fingerprint density at radius 3 is 2.53 bits per heavy atom. The SMILES string of the molecule is CC(O)c1ccc(-c2ccccc2F)o1. The van der Waals surface area contributed by atoms with Gasteiger partial charge in [-0.1, -0.05) is 12.1 Å². The van der Waals surface area contributed by atoms with Gasteiger partial charge < -0.3 is 9.52 Å². The van der Waals surface area contributed by atoms with Crippen LogP contribution in [0.1, 0.15) is 18.8 Å². The molecule has 0 saturated carbocycles. The third-order valence-corrected chi connectivity index (χ3v) is 2.18. The smallest absolute Gasteiger partial charge is 0.137 e. The molecular formula is C12H11FO2. The summed E-state index contributed by atoms with van der Waals surface area (Å²) >= 11 is 0. The van der Waals surface area contributed by atoms with Gasteiger partial charge in [-0.05, 0) is 31.2 Å². The molecule has 1 aromatic heterocycles. The fourth-order valence-electron chi connectivity index (χ4n) is 1.38. The zero-order valence-electron chi connectivity index (χ0n) is 8.27. The second kappa shape index (κ2) is 3.87. The number of aliphatic hydroxyl groups excluding tert-OH is 1. The molecule has 0 fully saturated rings. The van der Waals surface area contributed by atoms with Crippen molar-refractivity contribution in [1.29, 1.82) is 0 Å². The average Bonchev–Trinajstić information content (AvgIpc) is 2.67. The molecule has 1 heterocycles. The van der Waals surface area contributed by atoms with Crippen LogP contribution >= 0.6 is 0 Å². The summed E-state index contributed by atoms with van der Waals surface area (Å²) in [4.78, 5) is 0. The van der Waals surface area contributed by atoms with Crippen molar-refractivity contribution < 1.29 is 13.9 Å². The maximum absolute atomic E-state index is 13.4. The van der Waals surface area contributed by atoms with Crippen LogP contribution in [0, 0.1) is 5.82 Å². The normalized spacial score (nSPS) is 12.7. The van der Waals surface area contributed by atoms with Gasteiger partial charge in [-0.2, -0.15) is 0 Å². The van der Waals surface area contributed by atoms with Gasteiger partial charge in [0.25, 0.3) is 0 Å². The zero-order chi connectivity index (χ0) is 10.8. The number of hydrogen-bond acceptors (Lipinski definition) is 2. The Hall–Kier alpha value is -1.61. The molecule has 2 aromatic rings. The van der Waals surface area contributed by atoms with Crippen molar-refractivity contribution >= 4 is 0 Å². The molecule has 0 aliphatic heterocycles. The molecule has 1 aromatic carbocycles. The predicted octanol–water partition coefficient (Wildman–Crippen LogP) is 3.14. The molecule has 1 N–H and O–H groups in total. The van der Waals surface area contributed by atoms with Crippen LogP contribution in [0.2, 0.25) is 0 Å². The van der Waals surface area contributed by atoms with Crippen LogP contribution in [0.5, 0.6) is 0 Å². The summed E-state index contributed by atoms with van der Waals surface area (Å²) in [6.45, 7) is 1.60. The van der Waals surface area contributed by atoms with Gasteiger partial charge in [0.05, 0.1) is 5.56 Å². The van der Waals surface area contributed by atoms with Crippen LogP contribution in [0.15, 0.2) is 40.8 Å². The summed E-state index contributed by atoms with van der Waals surface area (Å²) in [5, 5.41) is 9.27. The zero-order valence-corrected chi connectivity index (χ0v) is 8.27. The van der Waals surface area contributed by atoms with Crippen molar-refractivity contribution in [2.75, 3.05) is 0 Å². The van der Waals surface area contributed by atoms with Crippen LogP contribution in [-0.4, -0.2) is 5.11 Å². The Morgan fingerprint density at radius 2 is 1.93 bits per heavy atom. The Balaban J connectivity index is 2.42. The summed E-state index contributed by atoms with van der Waals surface area (Å²) in [6, 6.07) is 9.67. The monoisotopic (exact) mass is 206 g/mol. The fourth-order valence-corrected chi connectivity index (χ4v) is 1.38. The van der Waals surface area contributed by atoms with Crippen molar-refractivity contribution in [2.45, 2.75) is 13.0 Å². The van der Waals surface area contributed by atoms with Crippen molar-refractivity contribution in [3.05, 3.63) is 48.0 Å². The average molecular weight is 206 g/mol. The van der Waals surface area contributed by atoms with E-state index >= 15 is 0 Å². The summed E-state index contributed by atoms with van der Waals surface area (Å²) in [5.74, 6) is 0.543. The number of hydrogen-bond donors (Lipinski definition) is 1. The van der Waals surface area contributed by atoms with Crippen LogP contribution in [0.3, 0.4) is 0 Å². The Morgan fingerprint density at radius 1 is 1.20 bits per heavy atom. The van der Waals surface area contributed by atoms with E-state index in [-0.39, 0.29) is 5.82 Å². The van der Waals surface area contributed by atoms with Gasteiger partial charge in [-0.15, -0.1) is 0 Å². The Labute approximate surface area is 87.0 Å². The highest BCUT2D eigenvalue weighted by atomic mass is 19.1. The molecule has 78 valence electrons. The molecule has 0 spiro atoms. The minimum absolute atomic E-state index is 0.330. The van der Waals surface area contributed by atoms with E-state index in [2.05, 4.69) is 0 Å². The van der Waals surface area contributed by atoms with Gasteiger partial charge in [-0.3, -0.25) is 0 Å².